The van der Waals surface area contributed by atoms with Gasteiger partial charge in [0.1, 0.15) is 5.82 Å². The quantitative estimate of drug-likeness (QED) is 0.823. The summed E-state index contributed by atoms with van der Waals surface area (Å²) in [6, 6.07) is 2.10. The van der Waals surface area contributed by atoms with E-state index in [1.807, 2.05) is 20.8 Å². The predicted molar refractivity (Wildman–Crippen MR) is 70.9 cm³/mol. The van der Waals surface area contributed by atoms with Gasteiger partial charge in [-0.25, -0.2) is 4.98 Å². The highest BCUT2D eigenvalue weighted by atomic mass is 16.5. The van der Waals surface area contributed by atoms with Crippen molar-refractivity contribution in [2.24, 2.45) is 0 Å². The second-order valence-corrected chi connectivity index (χ2v) is 4.79. The van der Waals surface area contributed by atoms with Gasteiger partial charge >= 0.3 is 0 Å². The smallest absolute Gasteiger partial charge is 0.128 e. The largest absolute Gasteiger partial charge is 0.383 e. The highest BCUT2D eigenvalue weighted by Crippen LogP contribution is 2.31. The Hall–Kier alpha value is -1.13. The molecule has 1 heterocycles. The lowest BCUT2D eigenvalue weighted by atomic mass is 9.91. The molecule has 0 aliphatic heterocycles. The average molecular weight is 237 g/mol. The Kier molecular flexibility index (Phi) is 4.48. The number of likely N-dealkylation sites (N-methyl/N-ethyl adjacent to an activating group) is 1. The van der Waals surface area contributed by atoms with Gasteiger partial charge in [-0.2, -0.15) is 0 Å². The van der Waals surface area contributed by atoms with E-state index in [9.17, 15) is 0 Å². The first-order valence-electron chi connectivity index (χ1n) is 5.93. The van der Waals surface area contributed by atoms with E-state index >= 15 is 0 Å². The summed E-state index contributed by atoms with van der Waals surface area (Å²) < 4.78 is 5.56. The summed E-state index contributed by atoms with van der Waals surface area (Å²) >= 11 is 0. The van der Waals surface area contributed by atoms with Crippen LogP contribution in [-0.4, -0.2) is 24.2 Å². The van der Waals surface area contributed by atoms with Crippen molar-refractivity contribution in [1.29, 1.82) is 0 Å². The minimum atomic E-state index is -0.334. The van der Waals surface area contributed by atoms with Crippen LogP contribution in [0.25, 0.3) is 0 Å². The van der Waals surface area contributed by atoms with Gasteiger partial charge in [0.15, 0.2) is 0 Å². The highest BCUT2D eigenvalue weighted by molar-refractivity contribution is 5.44. The number of nitrogens with one attached hydrogen (secondary N) is 1. The van der Waals surface area contributed by atoms with Gasteiger partial charge in [-0.1, -0.05) is 6.92 Å². The number of hydrogen-bond donors (Lipinski definition) is 2. The minimum absolute atomic E-state index is 0.0323. The lowest BCUT2D eigenvalue weighted by Gasteiger charge is -2.34. The van der Waals surface area contributed by atoms with Crippen LogP contribution in [-0.2, 0) is 4.74 Å². The normalized spacial score (nSPS) is 13.7. The van der Waals surface area contributed by atoms with Gasteiger partial charge in [0.25, 0.3) is 0 Å². The van der Waals surface area contributed by atoms with Gasteiger partial charge < -0.3 is 15.8 Å². The number of aromatic nitrogens is 1. The first kappa shape index (κ1) is 13.9. The van der Waals surface area contributed by atoms with Crippen LogP contribution < -0.4 is 11.1 Å². The van der Waals surface area contributed by atoms with E-state index in [4.69, 9.17) is 10.5 Å². The molecule has 0 radical (unpaired) electrons. The second kappa shape index (κ2) is 5.47. The minimum Gasteiger partial charge on any atom is -0.383 e. The summed E-state index contributed by atoms with van der Waals surface area (Å²) in [5.41, 5.74) is 7.73. The third-order valence-corrected chi connectivity index (χ3v) is 3.03. The van der Waals surface area contributed by atoms with E-state index in [1.54, 1.807) is 13.3 Å². The number of hydrogen-bond acceptors (Lipinski definition) is 4. The van der Waals surface area contributed by atoms with Crippen LogP contribution in [0.3, 0.4) is 0 Å². The number of nitrogen functional groups attached to an aromatic ring is 1. The Bertz CT molecular complexity index is 377. The molecule has 0 amide bonds. The van der Waals surface area contributed by atoms with E-state index in [0.29, 0.717) is 5.82 Å². The average Bonchev–Trinajstić information content (AvgIpc) is 2.29. The second-order valence-electron chi connectivity index (χ2n) is 4.79. The fourth-order valence-corrected chi connectivity index (χ4v) is 1.89. The molecule has 0 saturated heterocycles. The summed E-state index contributed by atoms with van der Waals surface area (Å²) in [5.74, 6) is 0.562. The number of nitrogens with zero attached hydrogens (tertiary/aromatic N) is 1. The van der Waals surface area contributed by atoms with Crippen LogP contribution in [0.1, 0.15) is 37.9 Å². The predicted octanol–water partition coefficient (Wildman–Crippen LogP) is 2.05. The molecule has 3 N–H and O–H groups in total. The maximum absolute atomic E-state index is 5.97. The number of rotatable bonds is 5. The zero-order valence-corrected chi connectivity index (χ0v) is 11.4. The van der Waals surface area contributed by atoms with Crippen molar-refractivity contribution in [3.63, 3.8) is 0 Å². The SMILES string of the molecule is CCNC(c1cc(C)cnc1N)C(C)(C)OC. The lowest BCUT2D eigenvalue weighted by molar-refractivity contribution is -0.0105. The van der Waals surface area contributed by atoms with Crippen LogP contribution in [0.4, 0.5) is 5.82 Å². The molecule has 0 bridgehead atoms. The van der Waals surface area contributed by atoms with Crippen LogP contribution in [0, 0.1) is 6.92 Å². The molecule has 1 unspecified atom stereocenters. The molecule has 96 valence electrons. The monoisotopic (exact) mass is 237 g/mol. The van der Waals surface area contributed by atoms with Crippen molar-refractivity contribution in [2.45, 2.75) is 39.3 Å². The van der Waals surface area contributed by atoms with Crippen LogP contribution in [0.2, 0.25) is 0 Å². The van der Waals surface area contributed by atoms with Gasteiger partial charge in [-0.05, 0) is 38.9 Å². The summed E-state index contributed by atoms with van der Waals surface area (Å²) in [7, 11) is 1.71. The number of aryl methyl sites for hydroxylation is 1. The molecular formula is C13H23N3O. The summed E-state index contributed by atoms with van der Waals surface area (Å²) in [6.07, 6.45) is 1.78. The van der Waals surface area contributed by atoms with Crippen molar-refractivity contribution in [2.75, 3.05) is 19.4 Å². The van der Waals surface area contributed by atoms with Crippen LogP contribution in [0.15, 0.2) is 12.3 Å². The van der Waals surface area contributed by atoms with E-state index in [1.165, 1.54) is 0 Å². The highest BCUT2D eigenvalue weighted by Gasteiger charge is 2.31. The molecular weight excluding hydrogens is 214 g/mol. The number of ether oxygens (including phenoxy) is 1. The third kappa shape index (κ3) is 3.17. The first-order chi connectivity index (χ1) is 7.92. The Morgan fingerprint density at radius 1 is 1.53 bits per heavy atom. The van der Waals surface area contributed by atoms with Crippen LogP contribution >= 0.6 is 0 Å². The molecule has 4 heteroatoms. The maximum atomic E-state index is 5.97. The zero-order valence-electron chi connectivity index (χ0n) is 11.4. The Labute approximate surface area is 104 Å². The van der Waals surface area contributed by atoms with Crippen LogP contribution in [0.5, 0.6) is 0 Å². The number of anilines is 1. The number of pyridine rings is 1. The molecule has 4 nitrogen and oxygen atoms in total. The Morgan fingerprint density at radius 3 is 2.71 bits per heavy atom. The molecule has 1 atom stereocenters. The van der Waals surface area contributed by atoms with Gasteiger partial charge in [0, 0.05) is 18.9 Å². The number of nitrogens with two attached hydrogens (primary N) is 1. The first-order valence-corrected chi connectivity index (χ1v) is 5.93. The number of methoxy groups -OCH3 is 1. The van der Waals surface area contributed by atoms with E-state index < -0.39 is 0 Å². The molecule has 0 aliphatic carbocycles. The lowest BCUT2D eigenvalue weighted by Crippen LogP contribution is -2.41. The molecule has 1 aromatic heterocycles. The standard InChI is InChI=1S/C13H23N3O/c1-6-15-11(13(3,4)17-5)10-7-9(2)8-16-12(10)14/h7-8,11,15H,6H2,1-5H3,(H2,14,16). The van der Waals surface area contributed by atoms with Gasteiger partial charge in [-0.15, -0.1) is 0 Å². The van der Waals surface area contributed by atoms with Crippen molar-refractivity contribution in [3.05, 3.63) is 23.4 Å². The van der Waals surface area contributed by atoms with Crippen molar-refractivity contribution in [3.8, 4) is 0 Å². The molecule has 1 aromatic rings. The van der Waals surface area contributed by atoms with Crippen molar-refractivity contribution >= 4 is 5.82 Å². The zero-order chi connectivity index (χ0) is 13.1. The summed E-state index contributed by atoms with van der Waals surface area (Å²) in [5, 5.41) is 3.41. The summed E-state index contributed by atoms with van der Waals surface area (Å²) in [6.45, 7) is 9.02. The fraction of sp³-hybridized carbons (Fsp3) is 0.615. The Balaban J connectivity index is 3.17. The topological polar surface area (TPSA) is 60.2 Å². The fourth-order valence-electron chi connectivity index (χ4n) is 1.89. The molecule has 1 rings (SSSR count). The maximum Gasteiger partial charge on any atom is 0.128 e. The third-order valence-electron chi connectivity index (χ3n) is 3.03. The molecule has 0 fully saturated rings. The van der Waals surface area contributed by atoms with Gasteiger partial charge in [0.2, 0.25) is 0 Å². The molecule has 0 aliphatic rings. The molecule has 0 aromatic carbocycles. The van der Waals surface area contributed by atoms with Crippen molar-refractivity contribution in [1.82, 2.24) is 10.3 Å². The van der Waals surface area contributed by atoms with Crippen molar-refractivity contribution < 1.29 is 4.74 Å². The summed E-state index contributed by atoms with van der Waals surface area (Å²) in [4.78, 5) is 4.21. The van der Waals surface area contributed by atoms with Gasteiger partial charge in [0.05, 0.1) is 11.6 Å². The van der Waals surface area contributed by atoms with E-state index in [-0.39, 0.29) is 11.6 Å². The molecule has 0 spiro atoms. The van der Waals surface area contributed by atoms with Gasteiger partial charge in [-0.3, -0.25) is 0 Å². The molecule has 17 heavy (non-hydrogen) atoms. The molecule has 0 saturated carbocycles. The Morgan fingerprint density at radius 2 is 2.18 bits per heavy atom. The van der Waals surface area contributed by atoms with E-state index in [0.717, 1.165) is 17.7 Å². The van der Waals surface area contributed by atoms with E-state index in [2.05, 4.69) is 23.3 Å².